The molecule has 2 saturated heterocycles. The zero-order chi connectivity index (χ0) is 19.8. The number of nitrogens with one attached hydrogen (secondary N) is 1. The Bertz CT molecular complexity index is 1000. The van der Waals surface area contributed by atoms with E-state index in [0.717, 1.165) is 37.4 Å². The van der Waals surface area contributed by atoms with Gasteiger partial charge in [0.25, 0.3) is 0 Å². The van der Waals surface area contributed by atoms with E-state index in [2.05, 4.69) is 9.62 Å². The standard InChI is InChI=1S/C18H25N3O5S2/c1-20-15-12-14(2-3-16(15)26-17(20)22)28(23,24)19-13-18(4-8-25-9-5-18)21-6-10-27-11-7-21/h2-3,12,19H,4-11,13H2,1H3. The van der Waals surface area contributed by atoms with Crippen LogP contribution in [0, 0.1) is 0 Å². The monoisotopic (exact) mass is 427 g/mol. The smallest absolute Gasteiger partial charge is 0.408 e. The van der Waals surface area contributed by atoms with E-state index in [1.54, 1.807) is 7.05 Å². The van der Waals surface area contributed by atoms with Gasteiger partial charge in [-0.25, -0.2) is 17.9 Å². The fourth-order valence-corrected chi connectivity index (χ4v) is 6.02. The van der Waals surface area contributed by atoms with E-state index in [0.29, 0.717) is 30.9 Å². The van der Waals surface area contributed by atoms with Gasteiger partial charge in [-0.05, 0) is 31.0 Å². The Morgan fingerprint density at radius 1 is 1.21 bits per heavy atom. The molecule has 0 amide bonds. The molecule has 2 aromatic rings. The lowest BCUT2D eigenvalue weighted by atomic mass is 9.88. The van der Waals surface area contributed by atoms with Crippen molar-refractivity contribution in [2.24, 2.45) is 7.05 Å². The third-order valence-corrected chi connectivity index (χ3v) is 8.11. The molecule has 4 rings (SSSR count). The molecule has 0 saturated carbocycles. The highest BCUT2D eigenvalue weighted by Gasteiger charge is 2.40. The Morgan fingerprint density at radius 2 is 1.93 bits per heavy atom. The first-order valence-corrected chi connectivity index (χ1v) is 12.0. The zero-order valence-corrected chi connectivity index (χ0v) is 17.5. The van der Waals surface area contributed by atoms with E-state index in [4.69, 9.17) is 9.15 Å². The number of sulfonamides is 1. The molecule has 0 atom stereocenters. The van der Waals surface area contributed by atoms with Crippen LogP contribution in [0.4, 0.5) is 0 Å². The Balaban J connectivity index is 1.57. The Kier molecular flexibility index (Phi) is 5.58. The van der Waals surface area contributed by atoms with Gasteiger partial charge >= 0.3 is 5.76 Å². The van der Waals surface area contributed by atoms with Gasteiger partial charge in [0.1, 0.15) is 0 Å². The summed E-state index contributed by atoms with van der Waals surface area (Å²) in [5.41, 5.74) is 0.624. The highest BCUT2D eigenvalue weighted by molar-refractivity contribution is 7.99. The van der Waals surface area contributed by atoms with E-state index < -0.39 is 15.8 Å². The van der Waals surface area contributed by atoms with Crippen LogP contribution in [-0.2, 0) is 21.8 Å². The molecule has 8 nitrogen and oxygen atoms in total. The second-order valence-corrected chi connectivity index (χ2v) is 10.3. The Labute approximate surface area is 168 Å². The van der Waals surface area contributed by atoms with Crippen molar-refractivity contribution >= 4 is 32.9 Å². The number of ether oxygens (including phenoxy) is 1. The lowest BCUT2D eigenvalue weighted by Gasteiger charge is -2.47. The maximum Gasteiger partial charge on any atom is 0.419 e. The number of benzene rings is 1. The van der Waals surface area contributed by atoms with Crippen molar-refractivity contribution < 1.29 is 17.6 Å². The SMILES string of the molecule is Cn1c(=O)oc2ccc(S(=O)(=O)NCC3(N4CCSCC4)CCOCC3)cc21. The number of hydrogen-bond acceptors (Lipinski definition) is 7. The van der Waals surface area contributed by atoms with Gasteiger partial charge in [0.05, 0.1) is 10.4 Å². The maximum atomic E-state index is 13.0. The summed E-state index contributed by atoms with van der Waals surface area (Å²) in [7, 11) is -2.16. The predicted octanol–water partition coefficient (Wildman–Crippen LogP) is 1.01. The van der Waals surface area contributed by atoms with Gasteiger partial charge in [-0.3, -0.25) is 9.47 Å². The van der Waals surface area contributed by atoms with E-state index in [9.17, 15) is 13.2 Å². The average Bonchev–Trinajstić information content (AvgIpc) is 3.01. The zero-order valence-electron chi connectivity index (χ0n) is 15.8. The summed E-state index contributed by atoms with van der Waals surface area (Å²) in [5.74, 6) is 1.63. The summed E-state index contributed by atoms with van der Waals surface area (Å²) in [6.07, 6.45) is 1.63. The van der Waals surface area contributed by atoms with Crippen molar-refractivity contribution in [3.63, 3.8) is 0 Å². The summed E-state index contributed by atoms with van der Waals surface area (Å²) < 4.78 is 40.7. The van der Waals surface area contributed by atoms with Gasteiger partial charge in [-0.2, -0.15) is 11.8 Å². The normalized spacial score (nSPS) is 21.2. The number of hydrogen-bond donors (Lipinski definition) is 1. The first-order chi connectivity index (χ1) is 13.4. The minimum atomic E-state index is -3.72. The van der Waals surface area contributed by atoms with Crippen molar-refractivity contribution in [3.05, 3.63) is 28.7 Å². The van der Waals surface area contributed by atoms with Crippen LogP contribution in [0.1, 0.15) is 12.8 Å². The number of aromatic nitrogens is 1. The Morgan fingerprint density at radius 3 is 2.64 bits per heavy atom. The molecule has 154 valence electrons. The minimum absolute atomic E-state index is 0.132. The van der Waals surface area contributed by atoms with Gasteiger partial charge in [0, 0.05) is 56.9 Å². The first-order valence-electron chi connectivity index (χ1n) is 9.41. The quantitative estimate of drug-likeness (QED) is 0.761. The van der Waals surface area contributed by atoms with Crippen molar-refractivity contribution in [3.8, 4) is 0 Å². The van der Waals surface area contributed by atoms with Gasteiger partial charge < -0.3 is 9.15 Å². The van der Waals surface area contributed by atoms with Crippen LogP contribution in [-0.4, -0.2) is 67.8 Å². The number of thioether (sulfide) groups is 1. The summed E-state index contributed by atoms with van der Waals surface area (Å²) in [4.78, 5) is 14.2. The number of oxazole rings is 1. The molecule has 3 heterocycles. The number of fused-ring (bicyclic) bond motifs is 1. The molecule has 2 aliphatic heterocycles. The largest absolute Gasteiger partial charge is 0.419 e. The highest BCUT2D eigenvalue weighted by Crippen LogP contribution is 2.30. The summed E-state index contributed by atoms with van der Waals surface area (Å²) in [6.45, 7) is 3.58. The predicted molar refractivity (Wildman–Crippen MR) is 108 cm³/mol. The van der Waals surface area contributed by atoms with Gasteiger partial charge in [-0.1, -0.05) is 0 Å². The van der Waals surface area contributed by atoms with E-state index in [1.165, 1.54) is 22.8 Å². The van der Waals surface area contributed by atoms with E-state index >= 15 is 0 Å². The Hall–Kier alpha value is -1.33. The molecule has 2 aliphatic rings. The van der Waals surface area contributed by atoms with Crippen LogP contribution < -0.4 is 10.5 Å². The lowest BCUT2D eigenvalue weighted by Crippen LogP contribution is -2.60. The first kappa shape index (κ1) is 20.0. The van der Waals surface area contributed by atoms with Crippen molar-refractivity contribution in [1.82, 2.24) is 14.2 Å². The number of rotatable bonds is 5. The molecule has 0 unspecified atom stereocenters. The van der Waals surface area contributed by atoms with E-state index in [1.807, 2.05) is 11.8 Å². The van der Waals surface area contributed by atoms with Crippen molar-refractivity contribution in [1.29, 1.82) is 0 Å². The van der Waals surface area contributed by atoms with Crippen LogP contribution in [0.5, 0.6) is 0 Å². The van der Waals surface area contributed by atoms with Crippen LogP contribution in [0.2, 0.25) is 0 Å². The third kappa shape index (κ3) is 3.76. The molecule has 0 bridgehead atoms. The lowest BCUT2D eigenvalue weighted by molar-refractivity contribution is -0.0218. The maximum absolute atomic E-state index is 13.0. The fourth-order valence-electron chi connectivity index (χ4n) is 3.98. The molecule has 0 radical (unpaired) electrons. The molecule has 1 N–H and O–H groups in total. The van der Waals surface area contributed by atoms with Crippen molar-refractivity contribution in [2.75, 3.05) is 44.4 Å². The molecule has 0 aliphatic carbocycles. The molecule has 0 spiro atoms. The molecule has 1 aromatic heterocycles. The van der Waals surface area contributed by atoms with Crippen LogP contribution in [0.25, 0.3) is 11.1 Å². The summed E-state index contributed by atoms with van der Waals surface area (Å²) >= 11 is 1.94. The van der Waals surface area contributed by atoms with Gasteiger partial charge in [0.2, 0.25) is 10.0 Å². The second-order valence-electron chi connectivity index (χ2n) is 7.32. The molecular weight excluding hydrogens is 402 g/mol. The fraction of sp³-hybridized carbons (Fsp3) is 0.611. The third-order valence-electron chi connectivity index (χ3n) is 5.77. The van der Waals surface area contributed by atoms with Crippen LogP contribution >= 0.6 is 11.8 Å². The van der Waals surface area contributed by atoms with Gasteiger partial charge in [0.15, 0.2) is 5.58 Å². The number of aryl methyl sites for hydroxylation is 1. The average molecular weight is 428 g/mol. The minimum Gasteiger partial charge on any atom is -0.408 e. The second kappa shape index (κ2) is 7.83. The highest BCUT2D eigenvalue weighted by atomic mass is 32.2. The van der Waals surface area contributed by atoms with Crippen molar-refractivity contribution in [2.45, 2.75) is 23.3 Å². The molecule has 28 heavy (non-hydrogen) atoms. The molecule has 2 fully saturated rings. The number of nitrogens with zero attached hydrogens (tertiary/aromatic N) is 2. The summed E-state index contributed by atoms with van der Waals surface area (Å²) in [5, 5.41) is 0. The summed E-state index contributed by atoms with van der Waals surface area (Å²) in [6, 6.07) is 4.48. The topological polar surface area (TPSA) is 93.8 Å². The van der Waals surface area contributed by atoms with Gasteiger partial charge in [-0.15, -0.1) is 0 Å². The van der Waals surface area contributed by atoms with Crippen LogP contribution in [0.3, 0.4) is 0 Å². The van der Waals surface area contributed by atoms with Crippen LogP contribution in [0.15, 0.2) is 32.3 Å². The molecular formula is C18H25N3O5S2. The molecule has 1 aromatic carbocycles. The van der Waals surface area contributed by atoms with E-state index in [-0.39, 0.29) is 10.4 Å². The molecule has 10 heteroatoms.